The molecule has 0 unspecified atom stereocenters. The van der Waals surface area contributed by atoms with Crippen molar-refractivity contribution in [2.75, 3.05) is 4.31 Å². The molecule has 0 atom stereocenters. The Morgan fingerprint density at radius 1 is 0.857 bits per heavy atom. The lowest BCUT2D eigenvalue weighted by Gasteiger charge is -2.25. The fraction of sp³-hybridized carbons (Fsp3) is 0.0952. The molecule has 0 bridgehead atoms. The summed E-state index contributed by atoms with van der Waals surface area (Å²) in [5.41, 5.74) is 1.97. The van der Waals surface area contributed by atoms with E-state index >= 15 is 0 Å². The molecule has 0 radical (unpaired) electrons. The number of nitrogens with zero attached hydrogens (tertiary/aromatic N) is 1. The Morgan fingerprint density at radius 2 is 1.54 bits per heavy atom. The van der Waals surface area contributed by atoms with Crippen LogP contribution in [0.2, 0.25) is 10.0 Å². The molecule has 0 aromatic heterocycles. The van der Waals surface area contributed by atoms with Gasteiger partial charge in [-0.1, -0.05) is 53.5 Å². The molecule has 0 saturated heterocycles. The fourth-order valence-electron chi connectivity index (χ4n) is 2.75. The summed E-state index contributed by atoms with van der Waals surface area (Å²) in [6, 6.07) is 17.3. The molecule has 4 nitrogen and oxygen atoms in total. The van der Waals surface area contributed by atoms with Crippen molar-refractivity contribution in [1.82, 2.24) is 0 Å². The molecule has 3 rings (SSSR count). The van der Waals surface area contributed by atoms with Crippen molar-refractivity contribution in [2.45, 2.75) is 18.7 Å². The number of hydrogen-bond acceptors (Lipinski definition) is 3. The molecular formula is C21H17Cl2NO3S. The quantitative estimate of drug-likeness (QED) is 0.534. The van der Waals surface area contributed by atoms with Gasteiger partial charge in [0.25, 0.3) is 15.9 Å². The van der Waals surface area contributed by atoms with Crippen molar-refractivity contribution in [3.63, 3.8) is 0 Å². The van der Waals surface area contributed by atoms with E-state index < -0.39 is 15.9 Å². The first-order valence-corrected chi connectivity index (χ1v) is 10.6. The van der Waals surface area contributed by atoms with Crippen LogP contribution >= 0.6 is 23.2 Å². The monoisotopic (exact) mass is 433 g/mol. The lowest BCUT2D eigenvalue weighted by molar-refractivity contribution is 0.100. The number of rotatable bonds is 4. The van der Waals surface area contributed by atoms with Crippen LogP contribution in [0.5, 0.6) is 0 Å². The minimum atomic E-state index is -4.16. The fourth-order valence-corrected chi connectivity index (χ4v) is 4.54. The van der Waals surface area contributed by atoms with Crippen molar-refractivity contribution in [2.24, 2.45) is 0 Å². The first-order chi connectivity index (χ1) is 13.2. The predicted octanol–water partition coefficient (Wildman–Crippen LogP) is 5.65. The Kier molecular flexibility index (Phi) is 5.79. The zero-order valence-corrected chi connectivity index (χ0v) is 17.5. The van der Waals surface area contributed by atoms with Crippen LogP contribution in [0.25, 0.3) is 0 Å². The van der Waals surface area contributed by atoms with E-state index in [0.717, 1.165) is 9.87 Å². The van der Waals surface area contributed by atoms with Crippen LogP contribution in [0.1, 0.15) is 21.5 Å². The number of hydrogen-bond donors (Lipinski definition) is 0. The second-order valence-electron chi connectivity index (χ2n) is 6.24. The molecule has 0 heterocycles. The van der Waals surface area contributed by atoms with Gasteiger partial charge < -0.3 is 0 Å². The number of benzene rings is 3. The lowest BCUT2D eigenvalue weighted by atomic mass is 10.1. The third-order valence-corrected chi connectivity index (χ3v) is 6.88. The summed E-state index contributed by atoms with van der Waals surface area (Å²) in [6.45, 7) is 3.64. The number of carbonyl (C=O) groups excluding carboxylic acids is 1. The topological polar surface area (TPSA) is 54.5 Å². The van der Waals surface area contributed by atoms with Crippen LogP contribution < -0.4 is 4.31 Å². The average molecular weight is 434 g/mol. The molecule has 3 aromatic carbocycles. The second kappa shape index (κ2) is 7.95. The van der Waals surface area contributed by atoms with Gasteiger partial charge in [0.2, 0.25) is 0 Å². The molecule has 3 aromatic rings. The van der Waals surface area contributed by atoms with Crippen molar-refractivity contribution in [3.05, 3.63) is 93.5 Å². The molecule has 28 heavy (non-hydrogen) atoms. The molecular weight excluding hydrogens is 417 g/mol. The van der Waals surface area contributed by atoms with Gasteiger partial charge in [-0.25, -0.2) is 8.42 Å². The Labute approximate surface area is 174 Å². The van der Waals surface area contributed by atoms with Gasteiger partial charge in [-0.15, -0.1) is 0 Å². The van der Waals surface area contributed by atoms with Gasteiger partial charge >= 0.3 is 0 Å². The Bertz CT molecular complexity index is 1150. The number of amides is 1. The van der Waals surface area contributed by atoms with Gasteiger partial charge in [-0.05, 0) is 61.4 Å². The van der Waals surface area contributed by atoms with E-state index in [0.29, 0.717) is 11.3 Å². The van der Waals surface area contributed by atoms with E-state index in [-0.39, 0.29) is 20.5 Å². The number of halogens is 2. The van der Waals surface area contributed by atoms with E-state index in [9.17, 15) is 13.2 Å². The molecule has 0 N–H and O–H groups in total. The minimum absolute atomic E-state index is 0.0179. The normalized spacial score (nSPS) is 11.3. The van der Waals surface area contributed by atoms with E-state index in [1.807, 2.05) is 13.0 Å². The molecule has 0 saturated carbocycles. The van der Waals surface area contributed by atoms with Crippen LogP contribution in [-0.2, 0) is 10.0 Å². The molecule has 0 fully saturated rings. The molecule has 1 amide bonds. The number of sulfonamides is 1. The maximum absolute atomic E-state index is 13.4. The first-order valence-electron chi connectivity index (χ1n) is 8.39. The zero-order chi connectivity index (χ0) is 20.5. The van der Waals surface area contributed by atoms with E-state index in [2.05, 4.69) is 0 Å². The summed E-state index contributed by atoms with van der Waals surface area (Å²) in [6.07, 6.45) is 0. The largest absolute Gasteiger partial charge is 0.272 e. The van der Waals surface area contributed by atoms with E-state index in [1.54, 1.807) is 37.3 Å². The molecule has 0 aliphatic heterocycles. The predicted molar refractivity (Wildman–Crippen MR) is 113 cm³/mol. The molecule has 7 heteroatoms. The van der Waals surface area contributed by atoms with Crippen LogP contribution in [0.15, 0.2) is 71.6 Å². The van der Waals surface area contributed by atoms with Crippen LogP contribution in [-0.4, -0.2) is 14.3 Å². The minimum Gasteiger partial charge on any atom is -0.268 e. The van der Waals surface area contributed by atoms with Crippen LogP contribution in [0.3, 0.4) is 0 Å². The summed E-state index contributed by atoms with van der Waals surface area (Å²) in [4.78, 5) is 13.4. The molecule has 0 spiro atoms. The molecule has 144 valence electrons. The summed E-state index contributed by atoms with van der Waals surface area (Å²) >= 11 is 12.0. The third kappa shape index (κ3) is 3.78. The zero-order valence-electron chi connectivity index (χ0n) is 15.2. The van der Waals surface area contributed by atoms with Gasteiger partial charge in [0, 0.05) is 5.56 Å². The summed E-state index contributed by atoms with van der Waals surface area (Å²) in [7, 11) is -4.16. The maximum atomic E-state index is 13.4. The Balaban J connectivity index is 2.24. The highest BCUT2D eigenvalue weighted by Gasteiger charge is 2.33. The Hall–Kier alpha value is -2.34. The van der Waals surface area contributed by atoms with Gasteiger partial charge in [0.05, 0.1) is 20.6 Å². The van der Waals surface area contributed by atoms with Gasteiger partial charge in [-0.2, -0.15) is 4.31 Å². The molecule has 0 aliphatic carbocycles. The first kappa shape index (κ1) is 20.4. The third-order valence-electron chi connectivity index (χ3n) is 4.43. The second-order valence-corrected chi connectivity index (χ2v) is 8.84. The summed E-state index contributed by atoms with van der Waals surface area (Å²) in [5, 5.41) is 0.452. The smallest absolute Gasteiger partial charge is 0.268 e. The van der Waals surface area contributed by atoms with Crippen molar-refractivity contribution in [3.8, 4) is 0 Å². The van der Waals surface area contributed by atoms with Crippen molar-refractivity contribution >= 4 is 44.8 Å². The van der Waals surface area contributed by atoms with Crippen molar-refractivity contribution in [1.29, 1.82) is 0 Å². The highest BCUT2D eigenvalue weighted by molar-refractivity contribution is 7.93. The lowest BCUT2D eigenvalue weighted by Crippen LogP contribution is -2.37. The standard InChI is InChI=1S/C21H17Cl2NO3S/c1-14-7-6-10-20(15(14)2)24(28(26,27)17-8-4-3-5-9-17)21(25)16-11-12-18(22)19(23)13-16/h3-13H,1-2H3. The Morgan fingerprint density at radius 3 is 2.18 bits per heavy atom. The molecule has 0 aliphatic rings. The number of carbonyl (C=O) groups is 1. The van der Waals surface area contributed by atoms with Gasteiger partial charge in [0.15, 0.2) is 0 Å². The number of anilines is 1. The SMILES string of the molecule is Cc1cccc(N(C(=O)c2ccc(Cl)c(Cl)c2)S(=O)(=O)c2ccccc2)c1C. The summed E-state index contributed by atoms with van der Waals surface area (Å²) < 4.78 is 27.6. The van der Waals surface area contributed by atoms with E-state index in [4.69, 9.17) is 23.2 Å². The van der Waals surface area contributed by atoms with Gasteiger partial charge in [0.1, 0.15) is 0 Å². The highest BCUT2D eigenvalue weighted by Crippen LogP contribution is 2.31. The van der Waals surface area contributed by atoms with Crippen LogP contribution in [0, 0.1) is 13.8 Å². The maximum Gasteiger partial charge on any atom is 0.272 e. The van der Waals surface area contributed by atoms with E-state index in [1.165, 1.54) is 30.3 Å². The van der Waals surface area contributed by atoms with Gasteiger partial charge in [-0.3, -0.25) is 4.79 Å². The number of aryl methyl sites for hydroxylation is 1. The highest BCUT2D eigenvalue weighted by atomic mass is 35.5. The van der Waals surface area contributed by atoms with Crippen molar-refractivity contribution < 1.29 is 13.2 Å². The average Bonchev–Trinajstić information content (AvgIpc) is 2.68. The summed E-state index contributed by atoms with van der Waals surface area (Å²) in [5.74, 6) is -0.712. The van der Waals surface area contributed by atoms with Crippen LogP contribution in [0.4, 0.5) is 5.69 Å².